The number of hydrogen-bond donors (Lipinski definition) is 0. The van der Waals surface area contributed by atoms with Crippen LogP contribution in [0.4, 0.5) is 5.69 Å². The molecule has 0 saturated heterocycles. The van der Waals surface area contributed by atoms with Gasteiger partial charge in [-0.05, 0) is 47.5 Å². The molecule has 0 radical (unpaired) electrons. The molecule has 0 saturated carbocycles. The average Bonchev–Trinajstić information content (AvgIpc) is 3.11. The average molecular weight is 433 g/mol. The molecule has 4 aromatic carbocycles. The van der Waals surface area contributed by atoms with Gasteiger partial charge in [0.05, 0.1) is 16.8 Å². The third-order valence-electron chi connectivity index (χ3n) is 5.61. The van der Waals surface area contributed by atoms with Gasteiger partial charge in [0.1, 0.15) is 11.7 Å². The van der Waals surface area contributed by atoms with Gasteiger partial charge in [-0.3, -0.25) is 14.4 Å². The van der Waals surface area contributed by atoms with E-state index in [-0.39, 0.29) is 11.8 Å². The Morgan fingerprint density at radius 2 is 1.06 bits per heavy atom. The van der Waals surface area contributed by atoms with Gasteiger partial charge in [0, 0.05) is 0 Å². The minimum absolute atomic E-state index is 0.331. The molecular weight excluding hydrogens is 414 g/mol. The van der Waals surface area contributed by atoms with Gasteiger partial charge < -0.3 is 4.74 Å². The molecule has 1 aliphatic rings. The van der Waals surface area contributed by atoms with Gasteiger partial charge in [-0.2, -0.15) is 0 Å². The number of fused-ring (bicyclic) bond motifs is 1. The number of amides is 2. The first kappa shape index (κ1) is 20.4. The van der Waals surface area contributed by atoms with Crippen molar-refractivity contribution in [2.24, 2.45) is 0 Å². The summed E-state index contributed by atoms with van der Waals surface area (Å²) in [6.45, 7) is 0. The number of carbonyl (C=O) groups excluding carboxylic acids is 3. The first-order chi connectivity index (χ1) is 16.1. The largest absolute Gasteiger partial charge is 0.426 e. The second-order valence-corrected chi connectivity index (χ2v) is 7.66. The molecule has 4 aromatic rings. The Morgan fingerprint density at radius 1 is 0.606 bits per heavy atom. The summed E-state index contributed by atoms with van der Waals surface area (Å²) in [5.74, 6) is -1.40. The Labute approximate surface area is 190 Å². The number of rotatable bonds is 5. The van der Waals surface area contributed by atoms with Gasteiger partial charge in [-0.25, -0.2) is 4.90 Å². The Morgan fingerprint density at radius 3 is 1.55 bits per heavy atom. The first-order valence-corrected chi connectivity index (χ1v) is 10.5. The maximum Gasteiger partial charge on any atom is 0.323 e. The highest BCUT2D eigenvalue weighted by Crippen LogP contribution is 2.31. The molecule has 33 heavy (non-hydrogen) atoms. The SMILES string of the molecule is O=C(Oc1ccc(N2C(=O)c3ccccc3C2=O)cc1)C(c1ccccc1)c1ccccc1. The highest BCUT2D eigenvalue weighted by Gasteiger charge is 2.36. The number of hydrogen-bond acceptors (Lipinski definition) is 4. The zero-order valence-electron chi connectivity index (χ0n) is 17.5. The van der Waals surface area contributed by atoms with Gasteiger partial charge in [0.15, 0.2) is 0 Å². The second-order valence-electron chi connectivity index (χ2n) is 7.66. The normalized spacial score (nSPS) is 12.7. The van der Waals surface area contributed by atoms with E-state index in [0.717, 1.165) is 16.0 Å². The van der Waals surface area contributed by atoms with Crippen LogP contribution in [0.3, 0.4) is 0 Å². The third-order valence-corrected chi connectivity index (χ3v) is 5.61. The Kier molecular flexibility index (Phi) is 5.29. The summed E-state index contributed by atoms with van der Waals surface area (Å²) in [6, 6.07) is 32.0. The summed E-state index contributed by atoms with van der Waals surface area (Å²) in [7, 11) is 0. The molecule has 1 heterocycles. The van der Waals surface area contributed by atoms with Crippen molar-refractivity contribution in [1.82, 2.24) is 0 Å². The Hall–Kier alpha value is -4.51. The molecule has 1 aliphatic heterocycles. The van der Waals surface area contributed by atoms with E-state index < -0.39 is 11.9 Å². The number of benzene rings is 4. The van der Waals surface area contributed by atoms with Crippen LogP contribution in [0.25, 0.3) is 0 Å². The monoisotopic (exact) mass is 433 g/mol. The summed E-state index contributed by atoms with van der Waals surface area (Å²) < 4.78 is 5.69. The standard InChI is InChI=1S/C28H19NO4/c30-26-23-13-7-8-14-24(23)27(31)29(26)21-15-17-22(18-16-21)33-28(32)25(19-9-3-1-4-10-19)20-11-5-2-6-12-20/h1-18,25H. The van der Waals surface area contributed by atoms with Gasteiger partial charge in [0.25, 0.3) is 11.8 Å². The van der Waals surface area contributed by atoms with Crippen molar-refractivity contribution >= 4 is 23.5 Å². The number of imide groups is 1. The van der Waals surface area contributed by atoms with Crippen molar-refractivity contribution < 1.29 is 19.1 Å². The van der Waals surface area contributed by atoms with Crippen molar-refractivity contribution in [2.75, 3.05) is 4.90 Å². The van der Waals surface area contributed by atoms with E-state index in [4.69, 9.17) is 4.74 Å². The smallest absolute Gasteiger partial charge is 0.323 e. The second kappa shape index (κ2) is 8.55. The minimum atomic E-state index is -0.580. The highest BCUT2D eigenvalue weighted by atomic mass is 16.5. The van der Waals surface area contributed by atoms with Crippen molar-refractivity contribution in [1.29, 1.82) is 0 Å². The number of carbonyl (C=O) groups is 3. The lowest BCUT2D eigenvalue weighted by molar-refractivity contribution is -0.135. The zero-order valence-corrected chi connectivity index (χ0v) is 17.5. The number of nitrogens with zero attached hydrogens (tertiary/aromatic N) is 1. The topological polar surface area (TPSA) is 63.7 Å². The molecule has 5 heteroatoms. The molecule has 0 bridgehead atoms. The molecule has 2 amide bonds. The predicted octanol–water partition coefficient (Wildman–Crippen LogP) is 5.22. The van der Waals surface area contributed by atoms with Gasteiger partial charge in [-0.15, -0.1) is 0 Å². The summed E-state index contributed by atoms with van der Waals surface area (Å²) >= 11 is 0. The van der Waals surface area contributed by atoms with Crippen molar-refractivity contribution in [3.8, 4) is 5.75 Å². The quantitative estimate of drug-likeness (QED) is 0.246. The fourth-order valence-corrected chi connectivity index (χ4v) is 4.02. The number of anilines is 1. The molecule has 0 spiro atoms. The van der Waals surface area contributed by atoms with E-state index in [9.17, 15) is 14.4 Å². The van der Waals surface area contributed by atoms with Gasteiger partial charge in [-0.1, -0.05) is 72.8 Å². The van der Waals surface area contributed by atoms with Crippen LogP contribution >= 0.6 is 0 Å². The fraction of sp³-hybridized carbons (Fsp3) is 0.0357. The molecule has 0 aromatic heterocycles. The van der Waals surface area contributed by atoms with E-state index >= 15 is 0 Å². The molecular formula is C28H19NO4. The first-order valence-electron chi connectivity index (χ1n) is 10.5. The number of esters is 1. The summed E-state index contributed by atoms with van der Waals surface area (Å²) in [5.41, 5.74) is 2.84. The summed E-state index contributed by atoms with van der Waals surface area (Å²) in [6.07, 6.45) is 0. The molecule has 0 aliphatic carbocycles. The van der Waals surface area contributed by atoms with E-state index in [1.807, 2.05) is 60.7 Å². The van der Waals surface area contributed by atoms with Crippen LogP contribution in [0.2, 0.25) is 0 Å². The Bertz CT molecular complexity index is 1260. The van der Waals surface area contributed by atoms with Crippen molar-refractivity contribution in [2.45, 2.75) is 5.92 Å². The zero-order chi connectivity index (χ0) is 22.8. The molecule has 5 rings (SSSR count). The van der Waals surface area contributed by atoms with Gasteiger partial charge in [0.2, 0.25) is 0 Å². The summed E-state index contributed by atoms with van der Waals surface area (Å²) in [4.78, 5) is 39.7. The summed E-state index contributed by atoms with van der Waals surface area (Å²) in [5, 5.41) is 0. The number of ether oxygens (including phenoxy) is 1. The van der Waals surface area contributed by atoms with Crippen LogP contribution in [-0.2, 0) is 4.79 Å². The van der Waals surface area contributed by atoms with Crippen LogP contribution in [0, 0.1) is 0 Å². The van der Waals surface area contributed by atoms with Gasteiger partial charge >= 0.3 is 5.97 Å². The molecule has 160 valence electrons. The molecule has 0 N–H and O–H groups in total. The maximum atomic E-state index is 13.2. The maximum absolute atomic E-state index is 13.2. The van der Waals surface area contributed by atoms with Crippen LogP contribution in [-0.4, -0.2) is 17.8 Å². The molecule has 0 atom stereocenters. The minimum Gasteiger partial charge on any atom is -0.426 e. The lowest BCUT2D eigenvalue weighted by Crippen LogP contribution is -2.29. The molecule has 5 nitrogen and oxygen atoms in total. The lowest BCUT2D eigenvalue weighted by atomic mass is 9.91. The predicted molar refractivity (Wildman–Crippen MR) is 124 cm³/mol. The third kappa shape index (κ3) is 3.81. The van der Waals surface area contributed by atoms with E-state index in [1.54, 1.807) is 48.5 Å². The Balaban J connectivity index is 1.38. The van der Waals surface area contributed by atoms with Crippen LogP contribution in [0.15, 0.2) is 109 Å². The lowest BCUT2D eigenvalue weighted by Gasteiger charge is -2.18. The van der Waals surface area contributed by atoms with E-state index in [0.29, 0.717) is 22.6 Å². The van der Waals surface area contributed by atoms with E-state index in [1.165, 1.54) is 0 Å². The van der Waals surface area contributed by atoms with Crippen molar-refractivity contribution in [3.63, 3.8) is 0 Å². The highest BCUT2D eigenvalue weighted by molar-refractivity contribution is 6.34. The molecule has 0 unspecified atom stereocenters. The molecule has 0 fully saturated rings. The fourth-order valence-electron chi connectivity index (χ4n) is 4.02. The van der Waals surface area contributed by atoms with E-state index in [2.05, 4.69) is 0 Å². The van der Waals surface area contributed by atoms with Crippen LogP contribution in [0.1, 0.15) is 37.8 Å². The van der Waals surface area contributed by atoms with Crippen molar-refractivity contribution in [3.05, 3.63) is 131 Å². The van der Waals surface area contributed by atoms with Crippen LogP contribution in [0.5, 0.6) is 5.75 Å². The van der Waals surface area contributed by atoms with Crippen LogP contribution < -0.4 is 9.64 Å².